The zero-order valence-electron chi connectivity index (χ0n) is 27.9. The Morgan fingerprint density at radius 2 is 1.38 bits per heavy atom. The minimum Gasteiger partial charge on any atom is -0.390 e. The first-order valence-corrected chi connectivity index (χ1v) is 16.5. The van der Waals surface area contributed by atoms with E-state index in [9.17, 15) is 54.3 Å². The van der Waals surface area contributed by atoms with E-state index in [0.29, 0.717) is 5.06 Å². The molecule has 3 aliphatic rings. The molecule has 3 saturated heterocycles. The summed E-state index contributed by atoms with van der Waals surface area (Å²) in [5.74, 6) is -4.04. The maximum absolute atomic E-state index is 13.0. The minimum atomic E-state index is -1.53. The van der Waals surface area contributed by atoms with Gasteiger partial charge in [-0.1, -0.05) is 0 Å². The summed E-state index contributed by atoms with van der Waals surface area (Å²) in [5.41, 5.74) is 0. The summed E-state index contributed by atoms with van der Waals surface area (Å²) in [4.78, 5) is 78.4. The SMILES string of the molecule is C[C@@H]1O[C@@H](OCCNC(=O)C[C@H](NC(=O)CCCCC(=O)ON2C(=O)CCC2=O)C(=O)NCCO[C@@H]2O[C@@H](C)[C@@H](O)C[C@@H]2O)[C@@H](O)[C@H](O)[C@@H]1O. The first-order valence-electron chi connectivity index (χ1n) is 16.5. The quantitative estimate of drug-likeness (QED) is 0.0494. The molecule has 0 spiro atoms. The van der Waals surface area contributed by atoms with E-state index in [1.165, 1.54) is 6.92 Å². The summed E-state index contributed by atoms with van der Waals surface area (Å²) in [6, 6.07) is -1.34. The fourth-order valence-electron chi connectivity index (χ4n) is 5.18. The first kappa shape index (κ1) is 41.1. The maximum atomic E-state index is 13.0. The lowest BCUT2D eigenvalue weighted by Crippen LogP contribution is -2.57. The van der Waals surface area contributed by atoms with Crippen molar-refractivity contribution in [3.05, 3.63) is 0 Å². The summed E-state index contributed by atoms with van der Waals surface area (Å²) in [6.07, 6.45) is -10.5. The largest absolute Gasteiger partial charge is 0.390 e. The molecule has 5 amide bonds. The molecule has 3 fully saturated rings. The van der Waals surface area contributed by atoms with Crippen LogP contribution in [0.25, 0.3) is 0 Å². The fourth-order valence-corrected chi connectivity index (χ4v) is 5.18. The Morgan fingerprint density at radius 3 is 2.06 bits per heavy atom. The van der Waals surface area contributed by atoms with Gasteiger partial charge in [0.05, 0.1) is 37.9 Å². The molecule has 0 aromatic rings. The Morgan fingerprint density at radius 1 is 0.780 bits per heavy atom. The summed E-state index contributed by atoms with van der Waals surface area (Å²) >= 11 is 0. The van der Waals surface area contributed by atoms with Crippen LogP contribution < -0.4 is 16.0 Å². The van der Waals surface area contributed by atoms with Gasteiger partial charge in [-0.2, -0.15) is 0 Å². The van der Waals surface area contributed by atoms with Crippen molar-refractivity contribution in [2.45, 2.75) is 127 Å². The van der Waals surface area contributed by atoms with Crippen LogP contribution >= 0.6 is 0 Å². The van der Waals surface area contributed by atoms with Gasteiger partial charge in [0.2, 0.25) is 17.7 Å². The van der Waals surface area contributed by atoms with Gasteiger partial charge < -0.3 is 65.3 Å². The van der Waals surface area contributed by atoms with Gasteiger partial charge in [0.15, 0.2) is 12.6 Å². The lowest BCUT2D eigenvalue weighted by Gasteiger charge is -2.38. The Balaban J connectivity index is 1.45. The van der Waals surface area contributed by atoms with Gasteiger partial charge in [-0.25, -0.2) is 4.79 Å². The number of aliphatic hydroxyl groups excluding tert-OH is 5. The zero-order valence-corrected chi connectivity index (χ0v) is 27.9. The number of nitrogens with zero attached hydrogens (tertiary/aromatic N) is 1. The first-order chi connectivity index (χ1) is 23.7. The van der Waals surface area contributed by atoms with Crippen molar-refractivity contribution in [3.8, 4) is 0 Å². The molecule has 0 aromatic carbocycles. The summed E-state index contributed by atoms with van der Waals surface area (Å²) < 4.78 is 21.6. The molecule has 8 N–H and O–H groups in total. The van der Waals surface area contributed by atoms with Gasteiger partial charge >= 0.3 is 5.97 Å². The number of rotatable bonds is 18. The van der Waals surface area contributed by atoms with E-state index < -0.39 is 103 Å². The van der Waals surface area contributed by atoms with Crippen LogP contribution in [-0.2, 0) is 52.6 Å². The molecule has 0 aromatic heterocycles. The number of carbonyl (C=O) groups is 6. The van der Waals surface area contributed by atoms with Crippen LogP contribution in [0.2, 0.25) is 0 Å². The average Bonchev–Trinajstić information content (AvgIpc) is 3.38. The van der Waals surface area contributed by atoms with Crippen molar-refractivity contribution in [1.29, 1.82) is 0 Å². The number of hydroxylamine groups is 2. The molecule has 20 nitrogen and oxygen atoms in total. The van der Waals surface area contributed by atoms with Crippen LogP contribution in [0.3, 0.4) is 0 Å². The van der Waals surface area contributed by atoms with Crippen molar-refractivity contribution in [3.63, 3.8) is 0 Å². The van der Waals surface area contributed by atoms with E-state index in [2.05, 4.69) is 16.0 Å². The van der Waals surface area contributed by atoms with E-state index in [1.807, 2.05) is 0 Å². The number of unbranched alkanes of at least 4 members (excludes halogenated alkanes) is 1. The molecule has 50 heavy (non-hydrogen) atoms. The number of hydrogen-bond donors (Lipinski definition) is 8. The van der Waals surface area contributed by atoms with Gasteiger partial charge in [-0.05, 0) is 26.7 Å². The van der Waals surface area contributed by atoms with Gasteiger partial charge in [0, 0.05) is 45.2 Å². The summed E-state index contributed by atoms with van der Waals surface area (Å²) in [5, 5.41) is 57.6. The Kier molecular flexibility index (Phi) is 16.3. The second-order valence-corrected chi connectivity index (χ2v) is 12.2. The fraction of sp³-hybridized carbons (Fsp3) is 0.800. The molecular weight excluding hydrogens is 672 g/mol. The van der Waals surface area contributed by atoms with Crippen molar-refractivity contribution < 1.29 is 78.1 Å². The number of imide groups is 1. The third-order valence-electron chi connectivity index (χ3n) is 8.16. The minimum absolute atomic E-state index is 0.0438. The number of carbonyl (C=O) groups excluding carboxylic acids is 6. The monoisotopic (exact) mass is 720 g/mol. The van der Waals surface area contributed by atoms with Crippen LogP contribution in [0, 0.1) is 0 Å². The molecule has 0 unspecified atom stereocenters. The topological polar surface area (TPSA) is 289 Å². The normalized spacial score (nSPS) is 30.5. The van der Waals surface area contributed by atoms with Gasteiger partial charge in [0.25, 0.3) is 11.8 Å². The summed E-state index contributed by atoms with van der Waals surface area (Å²) in [7, 11) is 0. The second kappa shape index (κ2) is 19.9. The highest BCUT2D eigenvalue weighted by atomic mass is 16.7. The van der Waals surface area contributed by atoms with Crippen LogP contribution in [0.4, 0.5) is 0 Å². The predicted molar refractivity (Wildman–Crippen MR) is 163 cm³/mol. The van der Waals surface area contributed by atoms with E-state index >= 15 is 0 Å². The number of amides is 5. The standard InChI is InChI=1S/C30H48N4O16/c1-15-18(35)14-19(36)29(48-15)46-12-10-32-28(45)17(13-21(38)31-9-11-47-30-27(44)26(43)25(42)16(2)49-30)33-20(37)5-3-4-6-24(41)50-34-22(39)7-8-23(34)40/h15-19,25-27,29-30,35-36,42-44H,3-14H2,1-2H3,(H,31,38)(H,32,45)(H,33,37)/t15-,16-,17-,18-,19-,25+,26+,27-,29+,30+/m0/s1. The van der Waals surface area contributed by atoms with Crippen LogP contribution in [0.1, 0.15) is 65.2 Å². The Hall–Kier alpha value is -3.34. The highest BCUT2D eigenvalue weighted by molar-refractivity contribution is 6.01. The van der Waals surface area contributed by atoms with Crippen LogP contribution in [0.15, 0.2) is 0 Å². The molecule has 3 heterocycles. The van der Waals surface area contributed by atoms with Crippen LogP contribution in [0.5, 0.6) is 0 Å². The number of ether oxygens (including phenoxy) is 4. The Labute approximate surface area is 287 Å². The number of hydrogen-bond acceptors (Lipinski definition) is 16. The zero-order chi connectivity index (χ0) is 37.0. The predicted octanol–water partition coefficient (Wildman–Crippen LogP) is -4.02. The number of nitrogens with one attached hydrogen (secondary N) is 3. The highest BCUT2D eigenvalue weighted by Crippen LogP contribution is 2.22. The maximum Gasteiger partial charge on any atom is 0.333 e. The number of aliphatic hydroxyl groups is 5. The molecule has 0 bridgehead atoms. The average molecular weight is 721 g/mol. The third kappa shape index (κ3) is 12.5. The van der Waals surface area contributed by atoms with E-state index in [4.69, 9.17) is 23.8 Å². The molecular formula is C30H48N4O16. The molecule has 20 heteroatoms. The lowest BCUT2D eigenvalue weighted by molar-refractivity contribution is -0.292. The van der Waals surface area contributed by atoms with E-state index in [-0.39, 0.29) is 71.2 Å². The molecule has 0 saturated carbocycles. The highest BCUT2D eigenvalue weighted by Gasteiger charge is 2.42. The van der Waals surface area contributed by atoms with Gasteiger partial charge in [-0.3, -0.25) is 24.0 Å². The molecule has 10 atom stereocenters. The Bertz CT molecular complexity index is 1180. The van der Waals surface area contributed by atoms with E-state index in [1.54, 1.807) is 6.92 Å². The summed E-state index contributed by atoms with van der Waals surface area (Å²) in [6.45, 7) is 2.64. The van der Waals surface area contributed by atoms with Crippen molar-refractivity contribution in [1.82, 2.24) is 21.0 Å². The van der Waals surface area contributed by atoms with Gasteiger partial charge in [0.1, 0.15) is 30.5 Å². The second-order valence-electron chi connectivity index (χ2n) is 12.2. The smallest absolute Gasteiger partial charge is 0.333 e. The van der Waals surface area contributed by atoms with Crippen molar-refractivity contribution >= 4 is 35.5 Å². The molecule has 284 valence electrons. The van der Waals surface area contributed by atoms with Crippen molar-refractivity contribution in [2.75, 3.05) is 26.3 Å². The third-order valence-corrected chi connectivity index (χ3v) is 8.16. The van der Waals surface area contributed by atoms with E-state index in [0.717, 1.165) is 0 Å². The molecule has 0 aliphatic carbocycles. The molecule has 0 radical (unpaired) electrons. The van der Waals surface area contributed by atoms with Crippen LogP contribution in [-0.4, -0.2) is 154 Å². The molecule has 3 aliphatic heterocycles. The van der Waals surface area contributed by atoms with Crippen molar-refractivity contribution in [2.24, 2.45) is 0 Å². The molecule has 3 rings (SSSR count). The lowest BCUT2D eigenvalue weighted by atomic mass is 10.0. The van der Waals surface area contributed by atoms with Gasteiger partial charge in [-0.15, -0.1) is 5.06 Å².